The molecule has 0 aliphatic heterocycles. The van der Waals surface area contributed by atoms with Gasteiger partial charge in [-0.3, -0.25) is 10.2 Å². The molecule has 0 spiro atoms. The predicted molar refractivity (Wildman–Crippen MR) is 95.4 cm³/mol. The van der Waals surface area contributed by atoms with Crippen molar-refractivity contribution in [3.63, 3.8) is 0 Å². The highest BCUT2D eigenvalue weighted by Crippen LogP contribution is 2.18. The van der Waals surface area contributed by atoms with Crippen molar-refractivity contribution in [2.75, 3.05) is 5.43 Å². The van der Waals surface area contributed by atoms with Crippen LogP contribution in [0.1, 0.15) is 19.3 Å². The van der Waals surface area contributed by atoms with Crippen molar-refractivity contribution in [1.82, 2.24) is 15.2 Å². The molecule has 0 saturated heterocycles. The number of anilines is 1. The lowest BCUT2D eigenvalue weighted by molar-refractivity contribution is 0.798. The first-order valence-electron chi connectivity index (χ1n) is 7.43. The van der Waals surface area contributed by atoms with E-state index in [9.17, 15) is 4.79 Å². The molecule has 23 heavy (non-hydrogen) atoms. The largest absolute Gasteiger partial charge is 0.308 e. The van der Waals surface area contributed by atoms with E-state index in [1.54, 1.807) is 6.20 Å². The van der Waals surface area contributed by atoms with Crippen molar-refractivity contribution in [1.29, 1.82) is 0 Å². The molecule has 3 rings (SSSR count). The Kier molecular flexibility index (Phi) is 4.92. The Morgan fingerprint density at radius 1 is 1.22 bits per heavy atom. The first kappa shape index (κ1) is 15.6. The Bertz CT molecular complexity index is 796. The van der Waals surface area contributed by atoms with Gasteiger partial charge in [0.2, 0.25) is 0 Å². The predicted octanol–water partition coefficient (Wildman–Crippen LogP) is 3.54. The Labute approximate surface area is 142 Å². The minimum absolute atomic E-state index is 0.212. The summed E-state index contributed by atoms with van der Waals surface area (Å²) in [6.45, 7) is 0. The standard InChI is InChI=1S/C17H17BrN4O/c18-16-15(21-19-11-13-7-3-1-4-8-13)12-20-22(17(16)23)14-9-5-2-6-10-14/h1-3,5-6,9-12,19,21H,4,7-8H2. The topological polar surface area (TPSA) is 59.0 Å². The number of nitrogens with one attached hydrogen (secondary N) is 2. The van der Waals surface area contributed by atoms with Crippen LogP contribution in [0.3, 0.4) is 0 Å². The molecule has 1 aliphatic rings. The van der Waals surface area contributed by atoms with E-state index < -0.39 is 0 Å². The van der Waals surface area contributed by atoms with Crippen LogP contribution in [0.25, 0.3) is 5.69 Å². The van der Waals surface area contributed by atoms with Crippen molar-refractivity contribution >= 4 is 21.6 Å². The van der Waals surface area contributed by atoms with E-state index in [0.717, 1.165) is 24.9 Å². The van der Waals surface area contributed by atoms with E-state index >= 15 is 0 Å². The zero-order valence-corrected chi connectivity index (χ0v) is 14.1. The molecule has 0 atom stereocenters. The van der Waals surface area contributed by atoms with Crippen molar-refractivity contribution < 1.29 is 0 Å². The summed E-state index contributed by atoms with van der Waals surface area (Å²) in [4.78, 5) is 12.4. The van der Waals surface area contributed by atoms with Crippen molar-refractivity contribution in [2.24, 2.45) is 0 Å². The van der Waals surface area contributed by atoms with Crippen LogP contribution in [-0.4, -0.2) is 9.78 Å². The normalized spacial score (nSPS) is 15.6. The summed E-state index contributed by atoms with van der Waals surface area (Å²) in [5, 5.41) is 4.21. The SMILES string of the molecule is O=c1c(Br)c(NNC=C2CC=CCC2)cnn1-c1ccccc1. The molecule has 0 radical (unpaired) electrons. The number of allylic oxidation sites excluding steroid dienone is 3. The zero-order valence-electron chi connectivity index (χ0n) is 12.5. The second-order valence-electron chi connectivity index (χ2n) is 5.21. The molecule has 0 amide bonds. The molecular weight excluding hydrogens is 356 g/mol. The van der Waals surface area contributed by atoms with Gasteiger partial charge in [-0.1, -0.05) is 30.4 Å². The number of hydrazine groups is 1. The summed E-state index contributed by atoms with van der Waals surface area (Å²) in [5.74, 6) is 0. The quantitative estimate of drug-likeness (QED) is 0.636. The fourth-order valence-corrected chi connectivity index (χ4v) is 2.71. The molecule has 0 bridgehead atoms. The number of hydrogen-bond acceptors (Lipinski definition) is 4. The van der Waals surface area contributed by atoms with Gasteiger partial charge in [0.05, 0.1) is 17.6 Å². The lowest BCUT2D eigenvalue weighted by atomic mass is 10.0. The number of benzene rings is 1. The average Bonchev–Trinajstić information content (AvgIpc) is 2.60. The smallest absolute Gasteiger partial charge is 0.287 e. The summed E-state index contributed by atoms with van der Waals surface area (Å²) < 4.78 is 1.80. The van der Waals surface area contributed by atoms with Gasteiger partial charge in [-0.25, -0.2) is 0 Å². The van der Waals surface area contributed by atoms with Crippen molar-refractivity contribution in [2.45, 2.75) is 19.3 Å². The second kappa shape index (κ2) is 7.28. The highest BCUT2D eigenvalue weighted by Gasteiger charge is 2.09. The lowest BCUT2D eigenvalue weighted by Crippen LogP contribution is -2.25. The van der Waals surface area contributed by atoms with Gasteiger partial charge in [0.15, 0.2) is 0 Å². The Morgan fingerprint density at radius 2 is 2.04 bits per heavy atom. The summed E-state index contributed by atoms with van der Waals surface area (Å²) in [6, 6.07) is 9.32. The molecular formula is C17H17BrN4O. The molecule has 118 valence electrons. The van der Waals surface area contributed by atoms with E-state index in [2.05, 4.69) is 44.0 Å². The van der Waals surface area contributed by atoms with Gasteiger partial charge < -0.3 is 5.43 Å². The average molecular weight is 373 g/mol. The van der Waals surface area contributed by atoms with E-state index in [1.165, 1.54) is 10.3 Å². The Hall–Kier alpha value is -2.34. The van der Waals surface area contributed by atoms with Crippen LogP contribution in [0.2, 0.25) is 0 Å². The zero-order chi connectivity index (χ0) is 16.1. The first-order valence-corrected chi connectivity index (χ1v) is 8.23. The molecule has 5 nitrogen and oxygen atoms in total. The molecule has 1 aromatic carbocycles. The van der Waals surface area contributed by atoms with Crippen LogP contribution in [0.15, 0.2) is 69.7 Å². The molecule has 0 saturated carbocycles. The molecule has 1 aromatic heterocycles. The summed E-state index contributed by atoms with van der Waals surface area (Å²) >= 11 is 3.35. The van der Waals surface area contributed by atoms with Gasteiger partial charge >= 0.3 is 0 Å². The molecule has 1 aliphatic carbocycles. The van der Waals surface area contributed by atoms with Gasteiger partial charge in [0, 0.05) is 6.20 Å². The number of rotatable bonds is 4. The minimum Gasteiger partial charge on any atom is -0.308 e. The van der Waals surface area contributed by atoms with Gasteiger partial charge in [0.25, 0.3) is 5.56 Å². The maximum absolute atomic E-state index is 12.4. The van der Waals surface area contributed by atoms with E-state index in [1.807, 2.05) is 36.5 Å². The maximum atomic E-state index is 12.4. The molecule has 6 heteroatoms. The van der Waals surface area contributed by atoms with Crippen LogP contribution in [0.4, 0.5) is 5.69 Å². The number of aromatic nitrogens is 2. The van der Waals surface area contributed by atoms with E-state index in [-0.39, 0.29) is 5.56 Å². The van der Waals surface area contributed by atoms with Gasteiger partial charge in [-0.2, -0.15) is 9.78 Å². The van der Waals surface area contributed by atoms with Crippen molar-refractivity contribution in [3.8, 4) is 5.69 Å². The molecule has 1 heterocycles. The highest BCUT2D eigenvalue weighted by molar-refractivity contribution is 9.10. The molecule has 2 aromatic rings. The van der Waals surface area contributed by atoms with Crippen LogP contribution in [-0.2, 0) is 0 Å². The minimum atomic E-state index is -0.212. The van der Waals surface area contributed by atoms with Gasteiger partial charge in [-0.15, -0.1) is 0 Å². The highest BCUT2D eigenvalue weighted by atomic mass is 79.9. The molecule has 2 N–H and O–H groups in total. The van der Waals surface area contributed by atoms with E-state index in [4.69, 9.17) is 0 Å². The van der Waals surface area contributed by atoms with Gasteiger partial charge in [-0.05, 0) is 52.9 Å². The Morgan fingerprint density at radius 3 is 2.78 bits per heavy atom. The van der Waals surface area contributed by atoms with Crippen LogP contribution in [0.5, 0.6) is 0 Å². The number of para-hydroxylation sites is 1. The lowest BCUT2D eigenvalue weighted by Gasteiger charge is -2.12. The summed E-state index contributed by atoms with van der Waals surface area (Å²) in [6.07, 6.45) is 11.0. The fraction of sp³-hybridized carbons (Fsp3) is 0.176. The Balaban J connectivity index is 1.75. The molecule has 0 unspecified atom stereocenters. The van der Waals surface area contributed by atoms with Crippen LogP contribution in [0, 0.1) is 0 Å². The third-order valence-electron chi connectivity index (χ3n) is 3.58. The van der Waals surface area contributed by atoms with E-state index in [0.29, 0.717) is 10.2 Å². The van der Waals surface area contributed by atoms with Gasteiger partial charge in [0.1, 0.15) is 4.47 Å². The number of nitrogens with zero attached hydrogens (tertiary/aromatic N) is 2. The monoisotopic (exact) mass is 372 g/mol. The van der Waals surface area contributed by atoms with Crippen molar-refractivity contribution in [3.05, 3.63) is 75.3 Å². The number of hydrogen-bond donors (Lipinski definition) is 2. The molecule has 0 fully saturated rings. The first-order chi connectivity index (χ1) is 11.3. The third-order valence-corrected chi connectivity index (χ3v) is 4.35. The second-order valence-corrected chi connectivity index (χ2v) is 6.00. The van der Waals surface area contributed by atoms with Crippen LogP contribution >= 0.6 is 15.9 Å². The summed E-state index contributed by atoms with van der Waals surface area (Å²) in [7, 11) is 0. The maximum Gasteiger partial charge on any atom is 0.287 e. The third kappa shape index (κ3) is 3.71. The van der Waals surface area contributed by atoms with Crippen LogP contribution < -0.4 is 16.4 Å². The summed E-state index contributed by atoms with van der Waals surface area (Å²) in [5.41, 5.74) is 8.48. The number of halogens is 1. The fourth-order valence-electron chi connectivity index (χ4n) is 2.34.